The van der Waals surface area contributed by atoms with E-state index in [0.29, 0.717) is 42.6 Å². The van der Waals surface area contributed by atoms with Gasteiger partial charge in [-0.05, 0) is 91.3 Å². The monoisotopic (exact) mass is 808 g/mol. The number of anilines is 1. The Hall–Kier alpha value is -3.34. The summed E-state index contributed by atoms with van der Waals surface area (Å²) < 4.78 is 71.9. The van der Waals surface area contributed by atoms with Gasteiger partial charge in [0.1, 0.15) is 12.4 Å². The van der Waals surface area contributed by atoms with Crippen LogP contribution in [0.2, 0.25) is 5.02 Å². The van der Waals surface area contributed by atoms with E-state index in [1.165, 1.54) is 25.1 Å². The molecule has 55 heavy (non-hydrogen) atoms. The van der Waals surface area contributed by atoms with Crippen molar-refractivity contribution >= 4 is 39.3 Å². The molecule has 0 radical (unpaired) electrons. The quantitative estimate of drug-likeness (QED) is 0.279. The number of ether oxygens (including phenoxy) is 3. The number of nitrogens with one attached hydrogen (secondary N) is 1. The minimum Gasteiger partial charge on any atom is -0.490 e. The first-order chi connectivity index (χ1) is 26.1. The van der Waals surface area contributed by atoms with Crippen molar-refractivity contribution in [2.45, 2.75) is 68.5 Å². The Morgan fingerprint density at radius 2 is 1.98 bits per heavy atom. The van der Waals surface area contributed by atoms with E-state index in [1.54, 1.807) is 19.2 Å². The minimum atomic E-state index is -4.33. The van der Waals surface area contributed by atoms with E-state index < -0.39 is 52.5 Å². The van der Waals surface area contributed by atoms with Crippen molar-refractivity contribution < 1.29 is 46.1 Å². The van der Waals surface area contributed by atoms with Gasteiger partial charge in [0.15, 0.2) is 5.60 Å². The summed E-state index contributed by atoms with van der Waals surface area (Å²) in [5.74, 6) is -1.09. The third kappa shape index (κ3) is 9.12. The van der Waals surface area contributed by atoms with Gasteiger partial charge >= 0.3 is 10.2 Å². The van der Waals surface area contributed by atoms with Crippen LogP contribution in [0, 0.1) is 11.8 Å². The molecule has 1 saturated carbocycles. The second-order valence-corrected chi connectivity index (χ2v) is 17.7. The molecule has 12 nitrogen and oxygen atoms in total. The molecule has 2 heterocycles. The van der Waals surface area contributed by atoms with E-state index in [4.69, 9.17) is 25.8 Å². The zero-order valence-electron chi connectivity index (χ0n) is 31.5. The molecule has 0 saturated heterocycles. The molecule has 2 aromatic rings. The van der Waals surface area contributed by atoms with E-state index in [1.807, 2.05) is 29.0 Å². The van der Waals surface area contributed by atoms with Crippen molar-refractivity contribution in [3.63, 3.8) is 0 Å². The van der Waals surface area contributed by atoms with E-state index in [2.05, 4.69) is 11.0 Å². The van der Waals surface area contributed by atoms with Crippen molar-refractivity contribution in [2.24, 2.45) is 11.8 Å². The summed E-state index contributed by atoms with van der Waals surface area (Å²) in [5, 5.41) is 12.9. The number of halogens is 3. The van der Waals surface area contributed by atoms with Crippen LogP contribution in [0.15, 0.2) is 48.6 Å². The highest BCUT2D eigenvalue weighted by molar-refractivity contribution is 7.87. The van der Waals surface area contributed by atoms with Crippen LogP contribution in [0.1, 0.15) is 55.2 Å². The topological polar surface area (TPSA) is 138 Å². The zero-order chi connectivity index (χ0) is 39.5. The molecule has 1 fully saturated rings. The van der Waals surface area contributed by atoms with Crippen molar-refractivity contribution in [2.75, 3.05) is 72.1 Å². The summed E-state index contributed by atoms with van der Waals surface area (Å²) in [4.78, 5) is 31.2. The largest absolute Gasteiger partial charge is 0.490 e. The number of nitrogens with zero attached hydrogens (tertiary/aromatic N) is 3. The summed E-state index contributed by atoms with van der Waals surface area (Å²) >= 11 is 6.45. The number of amides is 2. The van der Waals surface area contributed by atoms with Crippen LogP contribution < -0.4 is 14.4 Å². The zero-order valence-corrected chi connectivity index (χ0v) is 33.1. The number of hydrogen-bond donors (Lipinski definition) is 2. The summed E-state index contributed by atoms with van der Waals surface area (Å²) in [7, 11) is -0.282. The summed E-state index contributed by atoms with van der Waals surface area (Å²) in [5.41, 5.74) is -0.0364. The normalized spacial score (nSPS) is 27.9. The molecule has 2 aromatic carbocycles. The number of carbonyl (C=O) groups excluding carboxylic acids is 2. The van der Waals surface area contributed by atoms with E-state index in [-0.39, 0.29) is 43.3 Å². The van der Waals surface area contributed by atoms with Crippen LogP contribution in [0.25, 0.3) is 0 Å². The van der Waals surface area contributed by atoms with Gasteiger partial charge in [0.25, 0.3) is 12.3 Å². The molecule has 4 aliphatic rings. The van der Waals surface area contributed by atoms with Gasteiger partial charge in [0.05, 0.1) is 38.0 Å². The number of benzene rings is 2. The van der Waals surface area contributed by atoms with Crippen LogP contribution in [0.3, 0.4) is 0 Å². The maximum absolute atomic E-state index is 13.9. The molecule has 1 spiro atoms. The number of hydrogen-bond acceptors (Lipinski definition) is 9. The highest BCUT2D eigenvalue weighted by atomic mass is 35.5. The number of alkyl halides is 2. The smallest absolute Gasteiger partial charge is 0.303 e. The van der Waals surface area contributed by atoms with Crippen LogP contribution in [-0.4, -0.2) is 114 Å². The predicted molar refractivity (Wildman–Crippen MR) is 204 cm³/mol. The average molecular weight is 809 g/mol. The Morgan fingerprint density at radius 1 is 1.18 bits per heavy atom. The Labute approximate surface area is 326 Å². The van der Waals surface area contributed by atoms with Gasteiger partial charge < -0.3 is 29.1 Å². The first-order valence-electron chi connectivity index (χ1n) is 18.8. The summed E-state index contributed by atoms with van der Waals surface area (Å²) in [6.07, 6.45) is 5.11. The van der Waals surface area contributed by atoms with Gasteiger partial charge in [-0.2, -0.15) is 12.7 Å². The number of aryl methyl sites for hydroxylation is 1. The summed E-state index contributed by atoms with van der Waals surface area (Å²) in [6.45, 7) is 1.20. The van der Waals surface area contributed by atoms with Crippen molar-refractivity contribution in [3.05, 3.63) is 70.3 Å². The second kappa shape index (κ2) is 17.0. The Morgan fingerprint density at radius 3 is 2.71 bits per heavy atom. The Bertz CT molecular complexity index is 1870. The molecule has 5 atom stereocenters. The summed E-state index contributed by atoms with van der Waals surface area (Å²) in [6, 6.07) is 10.8. The van der Waals surface area contributed by atoms with E-state index >= 15 is 0 Å². The van der Waals surface area contributed by atoms with Crippen LogP contribution in [0.5, 0.6) is 5.75 Å². The fourth-order valence-corrected chi connectivity index (χ4v) is 9.01. The fourth-order valence-electron chi connectivity index (χ4n) is 8.23. The number of fused-ring (bicyclic) bond motifs is 4. The molecule has 6 rings (SSSR count). The van der Waals surface area contributed by atoms with Gasteiger partial charge in [-0.15, -0.1) is 0 Å². The minimum absolute atomic E-state index is 0.0290. The maximum atomic E-state index is 13.9. The van der Waals surface area contributed by atoms with Crippen LogP contribution >= 0.6 is 11.6 Å². The Kier molecular flexibility index (Phi) is 12.8. The maximum Gasteiger partial charge on any atom is 0.303 e. The van der Waals surface area contributed by atoms with Gasteiger partial charge in [-0.1, -0.05) is 35.9 Å². The van der Waals surface area contributed by atoms with Gasteiger partial charge in [-0.3, -0.25) is 9.59 Å². The Balaban J connectivity index is 1.42. The lowest BCUT2D eigenvalue weighted by molar-refractivity contribution is -0.148. The van der Waals surface area contributed by atoms with E-state index in [9.17, 15) is 31.9 Å². The molecule has 2 aliphatic carbocycles. The van der Waals surface area contributed by atoms with Gasteiger partial charge in [0, 0.05) is 51.2 Å². The first-order valence-corrected chi connectivity index (χ1v) is 20.6. The first kappa shape index (κ1) is 41.3. The SMILES string of the molecule is CN1CC/C=C/[C@H](OCCOCC(F)F)[C@@H]2CC[C@H]2CN2C[C@@]3(CCCc4cc(Cl)ccc43)COc3ccc(cc32)[C@@](O)(C(=O)NS(=O)(=O)N(C)C)CC1=O. The fraction of sp³-hybridized carbons (Fsp3) is 0.590. The molecule has 302 valence electrons. The second-order valence-electron chi connectivity index (χ2n) is 15.4. The molecule has 2 bridgehead atoms. The molecule has 0 unspecified atom stereocenters. The highest BCUT2D eigenvalue weighted by Crippen LogP contribution is 2.48. The highest BCUT2D eigenvalue weighted by Gasteiger charge is 2.47. The molecule has 16 heteroatoms. The standard InChI is InChI=1S/C39H51ClF2N4O8S/c1-44(2)55(50,51)43-37(48)39(49)21-36(47)45(3)16-5-4-8-33(53-18-17-52-23-35(41)42)30-12-9-27(30)22-46-24-38(25-54-34-14-10-28(39)20-32(34)46)15-6-7-26-19-29(40)11-13-31(26)38/h4,8,10-11,13-14,19-20,27,30,33,35,49H,5-7,9,12,15-18,21-25H2,1-3H3,(H,43,48)/b8-4+/t27-,30+,33-,38-,39+/m0/s1. The predicted octanol–water partition coefficient (Wildman–Crippen LogP) is 4.42. The molecule has 2 amide bonds. The van der Waals surface area contributed by atoms with Crippen molar-refractivity contribution in [1.29, 1.82) is 0 Å². The van der Waals surface area contributed by atoms with E-state index in [0.717, 1.165) is 47.5 Å². The van der Waals surface area contributed by atoms with Gasteiger partial charge in [0.2, 0.25) is 5.91 Å². The lowest BCUT2D eigenvalue weighted by Crippen LogP contribution is -2.52. The number of carbonyl (C=O) groups is 2. The third-order valence-electron chi connectivity index (χ3n) is 11.5. The average Bonchev–Trinajstić information content (AvgIpc) is 3.27. The number of aliphatic hydroxyl groups is 1. The third-order valence-corrected chi connectivity index (χ3v) is 13.2. The molecular formula is C39H51ClF2N4O8S. The lowest BCUT2D eigenvalue weighted by atomic mass is 9.68. The van der Waals surface area contributed by atoms with Crippen molar-refractivity contribution in [1.82, 2.24) is 13.9 Å². The molecule has 2 aliphatic heterocycles. The van der Waals surface area contributed by atoms with Crippen molar-refractivity contribution in [3.8, 4) is 5.75 Å². The van der Waals surface area contributed by atoms with Gasteiger partial charge in [-0.25, -0.2) is 13.5 Å². The molecular weight excluding hydrogens is 758 g/mol. The molecule has 2 N–H and O–H groups in total. The molecule has 0 aromatic heterocycles. The van der Waals surface area contributed by atoms with Crippen LogP contribution in [-0.2, 0) is 46.7 Å². The number of rotatable bonds is 9. The lowest BCUT2D eigenvalue weighted by Gasteiger charge is -2.46. The van der Waals surface area contributed by atoms with Crippen LogP contribution in [0.4, 0.5) is 14.5 Å².